The van der Waals surface area contributed by atoms with Gasteiger partial charge in [-0.2, -0.15) is 0 Å². The number of nitrogens with one attached hydrogen (secondary N) is 1. The molecule has 1 aromatic carbocycles. The van der Waals surface area contributed by atoms with Gasteiger partial charge in [-0.1, -0.05) is 12.1 Å². The van der Waals surface area contributed by atoms with Crippen LogP contribution in [0, 0.1) is 5.41 Å². The number of primary amides is 1. The van der Waals surface area contributed by atoms with Crippen LogP contribution in [0.5, 0.6) is 0 Å². The Morgan fingerprint density at radius 3 is 2.46 bits per heavy atom. The van der Waals surface area contributed by atoms with Crippen LogP contribution >= 0.6 is 0 Å². The third-order valence-corrected chi connectivity index (χ3v) is 4.59. The van der Waals surface area contributed by atoms with Crippen LogP contribution in [0.15, 0.2) is 48.8 Å². The van der Waals surface area contributed by atoms with E-state index >= 15 is 0 Å². The van der Waals surface area contributed by atoms with Crippen molar-refractivity contribution >= 4 is 11.8 Å². The van der Waals surface area contributed by atoms with Crippen molar-refractivity contribution in [3.8, 4) is 5.69 Å². The van der Waals surface area contributed by atoms with Gasteiger partial charge in [0, 0.05) is 32.2 Å². The summed E-state index contributed by atoms with van der Waals surface area (Å²) in [6, 6.07) is 11.2. The number of hydrogen-bond acceptors (Lipinski definition) is 3. The van der Waals surface area contributed by atoms with Crippen LogP contribution < -0.4 is 11.1 Å². The molecular formula is C18H21N3O3. The molecule has 24 heavy (non-hydrogen) atoms. The lowest BCUT2D eigenvalue weighted by molar-refractivity contribution is -0.132. The summed E-state index contributed by atoms with van der Waals surface area (Å²) in [5.41, 5.74) is 6.21. The Morgan fingerprint density at radius 1 is 1.12 bits per heavy atom. The number of benzene rings is 1. The topological polar surface area (TPSA) is 86.4 Å². The normalized spacial score (nSPS) is 16.5. The minimum Gasteiger partial charge on any atom is -0.381 e. The number of nitrogens with two attached hydrogens (primary N) is 1. The zero-order valence-corrected chi connectivity index (χ0v) is 13.4. The molecule has 6 heteroatoms. The smallest absolute Gasteiger partial charge is 0.253 e. The molecule has 6 nitrogen and oxygen atoms in total. The number of amides is 2. The fraction of sp³-hybridized carbons (Fsp3) is 0.333. The van der Waals surface area contributed by atoms with E-state index in [2.05, 4.69) is 5.32 Å². The summed E-state index contributed by atoms with van der Waals surface area (Å²) in [6.07, 6.45) is 4.83. The minimum absolute atomic E-state index is 0.216. The van der Waals surface area contributed by atoms with Crippen LogP contribution in [0.2, 0.25) is 0 Å². The van der Waals surface area contributed by atoms with E-state index in [1.807, 2.05) is 47.3 Å². The molecule has 0 bridgehead atoms. The van der Waals surface area contributed by atoms with E-state index in [0.717, 1.165) is 5.69 Å². The number of hydrogen-bond donors (Lipinski definition) is 2. The molecule has 3 N–H and O–H groups in total. The Hall–Kier alpha value is -2.60. The highest BCUT2D eigenvalue weighted by molar-refractivity contribution is 5.98. The molecule has 1 aromatic heterocycles. The zero-order valence-electron chi connectivity index (χ0n) is 13.4. The Balaban J connectivity index is 1.77. The second-order valence-electron chi connectivity index (χ2n) is 6.05. The first-order valence-electron chi connectivity index (χ1n) is 8.01. The lowest BCUT2D eigenvalue weighted by Crippen LogP contribution is -2.49. The maximum Gasteiger partial charge on any atom is 0.253 e. The maximum absolute atomic E-state index is 12.7. The van der Waals surface area contributed by atoms with Crippen LogP contribution in [0.25, 0.3) is 5.69 Å². The van der Waals surface area contributed by atoms with E-state index in [0.29, 0.717) is 31.6 Å². The summed E-state index contributed by atoms with van der Waals surface area (Å²) in [5, 5.41) is 2.88. The van der Waals surface area contributed by atoms with Gasteiger partial charge in [0.15, 0.2) is 0 Å². The molecule has 2 aromatic rings. The molecule has 0 atom stereocenters. The van der Waals surface area contributed by atoms with Crippen LogP contribution in [0.3, 0.4) is 0 Å². The Kier molecular flexibility index (Phi) is 4.66. The van der Waals surface area contributed by atoms with Crippen LogP contribution in [-0.2, 0) is 9.53 Å². The van der Waals surface area contributed by atoms with Crippen molar-refractivity contribution in [3.63, 3.8) is 0 Å². The van der Waals surface area contributed by atoms with Gasteiger partial charge in [-0.25, -0.2) is 0 Å². The van der Waals surface area contributed by atoms with E-state index in [1.165, 1.54) is 0 Å². The monoisotopic (exact) mass is 327 g/mol. The predicted octanol–water partition coefficient (Wildman–Crippen LogP) is 1.49. The summed E-state index contributed by atoms with van der Waals surface area (Å²) in [6.45, 7) is 1.20. The first-order chi connectivity index (χ1) is 11.6. The summed E-state index contributed by atoms with van der Waals surface area (Å²) < 4.78 is 7.19. The molecule has 3 rings (SSSR count). The Labute approximate surface area is 140 Å². The summed E-state index contributed by atoms with van der Waals surface area (Å²) >= 11 is 0. The Morgan fingerprint density at radius 2 is 1.79 bits per heavy atom. The molecule has 126 valence electrons. The first-order valence-corrected chi connectivity index (χ1v) is 8.01. The summed E-state index contributed by atoms with van der Waals surface area (Å²) in [5.74, 6) is -0.601. The van der Waals surface area contributed by atoms with Crippen molar-refractivity contribution < 1.29 is 14.3 Å². The van der Waals surface area contributed by atoms with Crippen LogP contribution in [0.1, 0.15) is 23.2 Å². The van der Waals surface area contributed by atoms with Crippen molar-refractivity contribution in [1.29, 1.82) is 0 Å². The number of ether oxygens (including phenoxy) is 1. The molecule has 2 heterocycles. The van der Waals surface area contributed by atoms with E-state index in [1.54, 1.807) is 6.07 Å². The fourth-order valence-corrected chi connectivity index (χ4v) is 3.00. The van der Waals surface area contributed by atoms with Gasteiger partial charge in [0.05, 0.1) is 16.7 Å². The van der Waals surface area contributed by atoms with E-state index < -0.39 is 5.41 Å². The average molecular weight is 327 g/mol. The predicted molar refractivity (Wildman–Crippen MR) is 89.8 cm³/mol. The molecule has 1 aliphatic rings. The highest BCUT2D eigenvalue weighted by atomic mass is 16.5. The number of rotatable bonds is 5. The third-order valence-electron chi connectivity index (χ3n) is 4.59. The number of aromatic nitrogens is 1. The van der Waals surface area contributed by atoms with Crippen LogP contribution in [0.4, 0.5) is 0 Å². The van der Waals surface area contributed by atoms with Crippen LogP contribution in [-0.4, -0.2) is 36.1 Å². The molecule has 1 aliphatic heterocycles. The van der Waals surface area contributed by atoms with E-state index in [9.17, 15) is 9.59 Å². The van der Waals surface area contributed by atoms with E-state index in [-0.39, 0.29) is 18.4 Å². The lowest BCUT2D eigenvalue weighted by atomic mass is 9.79. The standard InChI is InChI=1S/C18H21N3O3/c19-17(23)18(7-11-24-12-8-18)13-20-16(22)14-5-1-2-6-15(14)21-9-3-4-10-21/h1-6,9-10H,7-8,11-13H2,(H2,19,23)(H,20,22). The van der Waals surface area contributed by atoms with Gasteiger partial charge in [0.25, 0.3) is 5.91 Å². The lowest BCUT2D eigenvalue weighted by Gasteiger charge is -2.34. The molecule has 1 saturated heterocycles. The van der Waals surface area contributed by atoms with Gasteiger partial charge in [-0.3, -0.25) is 9.59 Å². The van der Waals surface area contributed by atoms with Crippen molar-refractivity contribution in [3.05, 3.63) is 54.4 Å². The third kappa shape index (κ3) is 3.19. The van der Waals surface area contributed by atoms with Gasteiger partial charge in [-0.15, -0.1) is 0 Å². The van der Waals surface area contributed by atoms with Gasteiger partial charge in [0.1, 0.15) is 0 Å². The second-order valence-corrected chi connectivity index (χ2v) is 6.05. The average Bonchev–Trinajstić information content (AvgIpc) is 3.15. The zero-order chi connectivity index (χ0) is 17.0. The molecule has 0 saturated carbocycles. The number of carbonyl (C=O) groups is 2. The van der Waals surface area contributed by atoms with Crippen molar-refractivity contribution in [2.75, 3.05) is 19.8 Å². The second kappa shape index (κ2) is 6.88. The molecule has 0 spiro atoms. The van der Waals surface area contributed by atoms with Crippen molar-refractivity contribution in [1.82, 2.24) is 9.88 Å². The quantitative estimate of drug-likeness (QED) is 0.872. The number of nitrogens with zero attached hydrogens (tertiary/aromatic N) is 1. The van der Waals surface area contributed by atoms with Gasteiger partial charge < -0.3 is 20.4 Å². The van der Waals surface area contributed by atoms with Gasteiger partial charge in [0.2, 0.25) is 5.91 Å². The fourth-order valence-electron chi connectivity index (χ4n) is 3.00. The molecule has 1 fully saturated rings. The van der Waals surface area contributed by atoms with Gasteiger partial charge >= 0.3 is 0 Å². The number of para-hydroxylation sites is 1. The summed E-state index contributed by atoms with van der Waals surface area (Å²) in [7, 11) is 0. The Bertz CT molecular complexity index is 719. The largest absolute Gasteiger partial charge is 0.381 e. The van der Waals surface area contributed by atoms with E-state index in [4.69, 9.17) is 10.5 Å². The van der Waals surface area contributed by atoms with Crippen molar-refractivity contribution in [2.24, 2.45) is 11.1 Å². The SMILES string of the molecule is NC(=O)C1(CNC(=O)c2ccccc2-n2cccc2)CCOCC1. The first kappa shape index (κ1) is 16.3. The number of carbonyl (C=O) groups excluding carboxylic acids is 2. The molecule has 0 aliphatic carbocycles. The molecular weight excluding hydrogens is 306 g/mol. The molecule has 0 unspecified atom stereocenters. The minimum atomic E-state index is -0.726. The molecule has 2 amide bonds. The highest BCUT2D eigenvalue weighted by Gasteiger charge is 2.38. The van der Waals surface area contributed by atoms with Crippen molar-refractivity contribution in [2.45, 2.75) is 12.8 Å². The van der Waals surface area contributed by atoms with Gasteiger partial charge in [-0.05, 0) is 37.1 Å². The highest BCUT2D eigenvalue weighted by Crippen LogP contribution is 2.29. The summed E-state index contributed by atoms with van der Waals surface area (Å²) in [4.78, 5) is 24.6. The molecule has 0 radical (unpaired) electrons. The maximum atomic E-state index is 12.7.